The van der Waals surface area contributed by atoms with Gasteiger partial charge in [-0.1, -0.05) is 0 Å². The van der Waals surface area contributed by atoms with Gasteiger partial charge in [0.05, 0.1) is 0 Å². The summed E-state index contributed by atoms with van der Waals surface area (Å²) in [6, 6.07) is -2.07. The molecule has 0 saturated heterocycles. The Hall–Kier alpha value is -0.940. The first kappa shape index (κ1) is 9.06. The molecule has 0 rings (SSSR count). The monoisotopic (exact) mass is 156 g/mol. The molecule has 6 heteroatoms. The molecule has 1 N–H and O–H groups in total. The third kappa shape index (κ3) is 3.16. The van der Waals surface area contributed by atoms with E-state index in [1.165, 1.54) is 0 Å². The summed E-state index contributed by atoms with van der Waals surface area (Å²) < 4.78 is 34.4. The maximum atomic E-state index is 11.5. The van der Waals surface area contributed by atoms with Gasteiger partial charge in [-0.25, -0.2) is 9.90 Å². The lowest BCUT2D eigenvalue weighted by molar-refractivity contribution is -0.150. The zero-order chi connectivity index (χ0) is 8.36. The minimum absolute atomic E-state index is 0.690. The second kappa shape index (κ2) is 2.76. The standard InChI is InChI=1S/C4H5F3NO2/c1-2(4(5,6)7)8-3(9)10/h2,8H,1H3/t2-/m0/s1. The van der Waals surface area contributed by atoms with Gasteiger partial charge in [-0.05, 0) is 6.92 Å². The third-order valence-electron chi connectivity index (χ3n) is 0.825. The van der Waals surface area contributed by atoms with Gasteiger partial charge in [0, 0.05) is 0 Å². The van der Waals surface area contributed by atoms with Crippen LogP contribution in [0, 0.1) is 0 Å². The summed E-state index contributed by atoms with van der Waals surface area (Å²) in [7, 11) is 0. The van der Waals surface area contributed by atoms with E-state index >= 15 is 0 Å². The Morgan fingerprint density at radius 2 is 1.90 bits per heavy atom. The van der Waals surface area contributed by atoms with Gasteiger partial charge in [-0.15, -0.1) is 0 Å². The topological polar surface area (TPSA) is 49.0 Å². The Morgan fingerprint density at radius 1 is 1.50 bits per heavy atom. The number of halogens is 3. The van der Waals surface area contributed by atoms with Crippen molar-refractivity contribution in [3.05, 3.63) is 0 Å². The highest BCUT2D eigenvalue weighted by molar-refractivity contribution is 5.64. The predicted octanol–water partition coefficient (Wildman–Crippen LogP) is 1.08. The first-order chi connectivity index (χ1) is 4.34. The van der Waals surface area contributed by atoms with E-state index in [2.05, 4.69) is 0 Å². The average Bonchev–Trinajstić information content (AvgIpc) is 1.60. The molecule has 0 aromatic carbocycles. The molecular formula is C4H5F3NO2. The van der Waals surface area contributed by atoms with Gasteiger partial charge >= 0.3 is 12.3 Å². The van der Waals surface area contributed by atoms with E-state index in [4.69, 9.17) is 0 Å². The molecule has 1 amide bonds. The van der Waals surface area contributed by atoms with Gasteiger partial charge in [-0.3, -0.25) is 0 Å². The highest BCUT2D eigenvalue weighted by Gasteiger charge is 2.37. The molecule has 0 unspecified atom stereocenters. The van der Waals surface area contributed by atoms with Crippen LogP contribution in [0.5, 0.6) is 0 Å². The van der Waals surface area contributed by atoms with E-state index in [0.717, 1.165) is 5.32 Å². The normalized spacial score (nSPS) is 14.4. The van der Waals surface area contributed by atoms with Crippen molar-refractivity contribution in [3.63, 3.8) is 0 Å². The second-order valence-electron chi connectivity index (χ2n) is 1.70. The third-order valence-corrected chi connectivity index (χ3v) is 0.825. The molecule has 0 aliphatic heterocycles. The molecule has 0 aromatic heterocycles. The highest BCUT2D eigenvalue weighted by atomic mass is 19.4. The van der Waals surface area contributed by atoms with Crippen LogP contribution in [-0.2, 0) is 5.11 Å². The van der Waals surface area contributed by atoms with Crippen molar-refractivity contribution in [3.8, 4) is 0 Å². The molecule has 0 aromatic rings. The molecule has 0 spiro atoms. The Morgan fingerprint density at radius 3 is 2.00 bits per heavy atom. The molecule has 0 saturated carbocycles. The molecule has 0 bridgehead atoms. The van der Waals surface area contributed by atoms with Crippen molar-refractivity contribution in [2.75, 3.05) is 0 Å². The summed E-state index contributed by atoms with van der Waals surface area (Å²) in [6.45, 7) is 0.690. The van der Waals surface area contributed by atoms with E-state index in [9.17, 15) is 23.1 Å². The lowest BCUT2D eigenvalue weighted by Crippen LogP contribution is -2.41. The van der Waals surface area contributed by atoms with E-state index in [-0.39, 0.29) is 0 Å². The van der Waals surface area contributed by atoms with Crippen molar-refractivity contribution in [1.82, 2.24) is 5.32 Å². The molecule has 0 aliphatic rings. The van der Waals surface area contributed by atoms with E-state index < -0.39 is 18.3 Å². The maximum Gasteiger partial charge on any atom is 0.451 e. The van der Waals surface area contributed by atoms with Crippen LogP contribution >= 0.6 is 0 Å². The number of alkyl halides is 3. The number of rotatable bonds is 1. The average molecular weight is 156 g/mol. The van der Waals surface area contributed by atoms with Crippen molar-refractivity contribution < 1.29 is 23.1 Å². The Bertz CT molecular complexity index is 133. The minimum atomic E-state index is -4.54. The summed E-state index contributed by atoms with van der Waals surface area (Å²) in [5.41, 5.74) is 0. The van der Waals surface area contributed by atoms with Gasteiger partial charge in [0.2, 0.25) is 0 Å². The Labute approximate surface area is 54.8 Å². The van der Waals surface area contributed by atoms with Crippen LogP contribution < -0.4 is 5.32 Å². The summed E-state index contributed by atoms with van der Waals surface area (Å²) in [4.78, 5) is 9.53. The van der Waals surface area contributed by atoms with Crippen LogP contribution in [0.4, 0.5) is 18.0 Å². The fourth-order valence-electron chi connectivity index (χ4n) is 0.259. The molecule has 1 radical (unpaired) electrons. The second-order valence-corrected chi connectivity index (χ2v) is 1.70. The first-order valence-electron chi connectivity index (χ1n) is 2.38. The highest BCUT2D eigenvalue weighted by Crippen LogP contribution is 2.19. The van der Waals surface area contributed by atoms with E-state index in [1.807, 2.05) is 0 Å². The zero-order valence-electron chi connectivity index (χ0n) is 5.03. The number of carbonyl (C=O) groups is 1. The van der Waals surface area contributed by atoms with Crippen LogP contribution in [0.15, 0.2) is 0 Å². The smallest absolute Gasteiger partial charge is 0.307 e. The van der Waals surface area contributed by atoms with Gasteiger partial charge in [0.15, 0.2) is 0 Å². The number of nitrogens with one attached hydrogen (secondary N) is 1. The zero-order valence-corrected chi connectivity index (χ0v) is 5.03. The van der Waals surface area contributed by atoms with Crippen LogP contribution in [0.3, 0.4) is 0 Å². The first-order valence-corrected chi connectivity index (χ1v) is 2.38. The molecule has 1 atom stereocenters. The number of hydrogen-bond donors (Lipinski definition) is 1. The van der Waals surface area contributed by atoms with Crippen LogP contribution in [-0.4, -0.2) is 18.3 Å². The molecule has 3 nitrogen and oxygen atoms in total. The summed E-state index contributed by atoms with van der Waals surface area (Å²) >= 11 is 0. The maximum absolute atomic E-state index is 11.5. The van der Waals surface area contributed by atoms with E-state index in [0.29, 0.717) is 6.92 Å². The fourth-order valence-corrected chi connectivity index (χ4v) is 0.259. The number of amides is 1. The van der Waals surface area contributed by atoms with Gasteiger partial charge in [0.25, 0.3) is 0 Å². The molecule has 0 aliphatic carbocycles. The molecule has 0 fully saturated rings. The number of carbonyl (C=O) groups excluding carboxylic acids is 1. The van der Waals surface area contributed by atoms with Crippen LogP contribution in [0.2, 0.25) is 0 Å². The van der Waals surface area contributed by atoms with Gasteiger partial charge in [-0.2, -0.15) is 13.2 Å². The molecule has 0 heterocycles. The predicted molar refractivity (Wildman–Crippen MR) is 24.7 cm³/mol. The molecule has 10 heavy (non-hydrogen) atoms. The van der Waals surface area contributed by atoms with Crippen molar-refractivity contribution >= 4 is 6.09 Å². The quantitative estimate of drug-likeness (QED) is 0.606. The summed E-state index contributed by atoms with van der Waals surface area (Å²) in [5, 5.41) is 10.7. The SMILES string of the molecule is C[C@H](NC([O])=O)C(F)(F)F. The van der Waals surface area contributed by atoms with E-state index in [1.54, 1.807) is 0 Å². The lowest BCUT2D eigenvalue weighted by atomic mass is 10.3. The summed E-state index contributed by atoms with van der Waals surface area (Å²) in [5.74, 6) is 0. The Balaban J connectivity index is 3.85. The van der Waals surface area contributed by atoms with Crippen LogP contribution in [0.25, 0.3) is 0 Å². The van der Waals surface area contributed by atoms with Gasteiger partial charge < -0.3 is 5.32 Å². The van der Waals surface area contributed by atoms with Gasteiger partial charge in [0.1, 0.15) is 6.04 Å². The van der Waals surface area contributed by atoms with Crippen molar-refractivity contribution in [1.29, 1.82) is 0 Å². The largest absolute Gasteiger partial charge is 0.451 e. The van der Waals surface area contributed by atoms with Crippen LogP contribution in [0.1, 0.15) is 6.92 Å². The minimum Gasteiger partial charge on any atom is -0.307 e. The van der Waals surface area contributed by atoms with Crippen molar-refractivity contribution in [2.45, 2.75) is 19.1 Å². The Kier molecular flexibility index (Phi) is 2.50. The molecule has 59 valence electrons. The lowest BCUT2D eigenvalue weighted by Gasteiger charge is -2.13. The number of hydrogen-bond acceptors (Lipinski definition) is 1. The fraction of sp³-hybridized carbons (Fsp3) is 0.750. The summed E-state index contributed by atoms with van der Waals surface area (Å²) in [6.07, 6.45) is -6.47. The molecular weight excluding hydrogens is 151 g/mol. The van der Waals surface area contributed by atoms with Crippen molar-refractivity contribution in [2.24, 2.45) is 0 Å².